The fourth-order valence-electron chi connectivity index (χ4n) is 2.42. The van der Waals surface area contributed by atoms with Gasteiger partial charge in [0.1, 0.15) is 0 Å². The minimum Gasteiger partial charge on any atom is -0.367 e. The van der Waals surface area contributed by atoms with Crippen LogP contribution in [0.2, 0.25) is 5.02 Å². The number of hydrogen-bond acceptors (Lipinski definition) is 3. The molecule has 3 aromatic rings. The van der Waals surface area contributed by atoms with E-state index in [2.05, 4.69) is 10.2 Å². The molecule has 0 saturated heterocycles. The average Bonchev–Trinajstić information content (AvgIpc) is 2.57. The van der Waals surface area contributed by atoms with Crippen LogP contribution in [0.3, 0.4) is 0 Å². The molecule has 0 aliphatic heterocycles. The lowest BCUT2D eigenvalue weighted by molar-refractivity contribution is 0.232. The van der Waals surface area contributed by atoms with E-state index in [0.29, 0.717) is 5.02 Å². The summed E-state index contributed by atoms with van der Waals surface area (Å²) < 4.78 is 0. The van der Waals surface area contributed by atoms with Crippen LogP contribution in [0.4, 0.5) is 0 Å². The number of nitrogens with zero attached hydrogens (tertiary/aromatic N) is 2. The predicted octanol–water partition coefficient (Wildman–Crippen LogP) is 3.27. The van der Waals surface area contributed by atoms with Crippen LogP contribution < -0.4 is 11.2 Å². The summed E-state index contributed by atoms with van der Waals surface area (Å²) in [6.45, 7) is 0. The first-order chi connectivity index (χ1) is 10.7. The Morgan fingerprint density at radius 1 is 1.00 bits per heavy atom. The summed E-state index contributed by atoms with van der Waals surface area (Å²) in [5, 5.41) is 20.7. The van der Waals surface area contributed by atoms with Crippen molar-refractivity contribution in [3.63, 3.8) is 0 Å². The molecule has 5 nitrogen and oxygen atoms in total. The molecule has 0 aromatic heterocycles. The average molecular weight is 313 g/mol. The van der Waals surface area contributed by atoms with Gasteiger partial charge in [0.15, 0.2) is 0 Å². The van der Waals surface area contributed by atoms with Gasteiger partial charge in [-0.1, -0.05) is 60.1 Å². The van der Waals surface area contributed by atoms with Crippen LogP contribution in [-0.2, 0) is 0 Å². The molecule has 0 aliphatic carbocycles. The van der Waals surface area contributed by atoms with Crippen molar-refractivity contribution in [2.75, 3.05) is 0 Å². The lowest BCUT2D eigenvalue weighted by atomic mass is 9.97. The zero-order valence-corrected chi connectivity index (χ0v) is 12.2. The lowest BCUT2D eigenvalue weighted by Gasteiger charge is -2.10. The number of rotatable bonds is 2. The minimum absolute atomic E-state index is 0.182. The van der Waals surface area contributed by atoms with Crippen molar-refractivity contribution >= 4 is 45.3 Å². The second kappa shape index (κ2) is 6.01. The summed E-state index contributed by atoms with van der Waals surface area (Å²) in [4.78, 5) is 0. The van der Waals surface area contributed by atoms with Crippen LogP contribution in [0.5, 0.6) is 0 Å². The van der Waals surface area contributed by atoms with Crippen molar-refractivity contribution < 1.29 is 5.21 Å². The monoisotopic (exact) mass is 312 g/mol. The highest BCUT2D eigenvalue weighted by Crippen LogP contribution is 2.35. The Hall–Kier alpha value is -2.63. The maximum Gasteiger partial charge on any atom is 0.237 e. The minimum atomic E-state index is -0.182. The van der Waals surface area contributed by atoms with Crippen LogP contribution in [0, 0.1) is 0 Å². The van der Waals surface area contributed by atoms with E-state index in [0.717, 1.165) is 27.1 Å². The number of fused-ring (bicyclic) bond motifs is 2. The van der Waals surface area contributed by atoms with Crippen molar-refractivity contribution in [2.45, 2.75) is 0 Å². The van der Waals surface area contributed by atoms with E-state index in [4.69, 9.17) is 22.5 Å². The third kappa shape index (κ3) is 2.47. The van der Waals surface area contributed by atoms with Gasteiger partial charge in [0.25, 0.3) is 0 Å². The molecule has 6 heteroatoms. The number of halogens is 1. The Balaban J connectivity index is 2.32. The molecule has 0 spiro atoms. The van der Waals surface area contributed by atoms with Gasteiger partial charge in [0.05, 0.1) is 11.2 Å². The normalized spacial score (nSPS) is 12.4. The third-order valence-electron chi connectivity index (χ3n) is 3.37. The Labute approximate surface area is 131 Å². The topological polar surface area (TPSA) is 83.0 Å². The van der Waals surface area contributed by atoms with Crippen LogP contribution in [-0.4, -0.2) is 17.4 Å². The third-order valence-corrected chi connectivity index (χ3v) is 3.78. The molecule has 0 fully saturated rings. The fraction of sp³-hybridized carbons (Fsp3) is 0. The molecule has 0 bridgehead atoms. The van der Waals surface area contributed by atoms with E-state index in [9.17, 15) is 0 Å². The molecule has 0 unspecified atom stereocenters. The maximum atomic E-state index is 8.61. The molecule has 3 aromatic carbocycles. The quantitative estimate of drug-likeness (QED) is 0.294. The zero-order chi connectivity index (χ0) is 15.5. The predicted molar refractivity (Wildman–Crippen MR) is 90.6 cm³/mol. The Morgan fingerprint density at radius 3 is 2.00 bits per heavy atom. The Bertz CT molecular complexity index is 848. The number of nitrogens with two attached hydrogens (primary N) is 1. The molecule has 0 saturated carbocycles. The van der Waals surface area contributed by atoms with E-state index in [1.54, 1.807) is 11.7 Å². The van der Waals surface area contributed by atoms with Crippen LogP contribution in [0.25, 0.3) is 21.5 Å². The van der Waals surface area contributed by atoms with Gasteiger partial charge in [-0.25, -0.2) is 5.48 Å². The first-order valence-electron chi connectivity index (χ1n) is 6.58. The second-order valence-electron chi connectivity index (χ2n) is 4.66. The highest BCUT2D eigenvalue weighted by molar-refractivity contribution is 6.42. The first-order valence-corrected chi connectivity index (χ1v) is 6.95. The van der Waals surface area contributed by atoms with E-state index in [1.165, 1.54) is 0 Å². The van der Waals surface area contributed by atoms with Crippen LogP contribution in [0.15, 0.2) is 58.7 Å². The van der Waals surface area contributed by atoms with Crippen molar-refractivity contribution in [3.05, 3.63) is 59.1 Å². The second-order valence-corrected chi connectivity index (χ2v) is 5.04. The molecule has 110 valence electrons. The summed E-state index contributed by atoms with van der Waals surface area (Å²) >= 11 is 6.52. The molecule has 3 rings (SSSR count). The highest BCUT2D eigenvalue weighted by atomic mass is 35.5. The van der Waals surface area contributed by atoms with E-state index in [-0.39, 0.29) is 5.96 Å². The Kier molecular flexibility index (Phi) is 3.91. The van der Waals surface area contributed by atoms with Gasteiger partial charge in [0.2, 0.25) is 5.96 Å². The Morgan fingerprint density at radius 2 is 1.50 bits per heavy atom. The van der Waals surface area contributed by atoms with Gasteiger partial charge in [-0.15, -0.1) is 5.10 Å². The number of benzene rings is 3. The van der Waals surface area contributed by atoms with E-state index >= 15 is 0 Å². The molecule has 0 heterocycles. The van der Waals surface area contributed by atoms with Gasteiger partial charge in [-0.05, 0) is 10.8 Å². The zero-order valence-electron chi connectivity index (χ0n) is 11.5. The first kappa shape index (κ1) is 14.3. The number of guanidine groups is 1. The summed E-state index contributed by atoms with van der Waals surface area (Å²) in [6.07, 6.45) is 1.60. The molecule has 22 heavy (non-hydrogen) atoms. The van der Waals surface area contributed by atoms with E-state index < -0.39 is 0 Å². The molecule has 4 N–H and O–H groups in total. The highest BCUT2D eigenvalue weighted by Gasteiger charge is 2.10. The molecular weight excluding hydrogens is 300 g/mol. The number of hydroxylamine groups is 1. The van der Waals surface area contributed by atoms with Crippen molar-refractivity contribution in [1.29, 1.82) is 0 Å². The van der Waals surface area contributed by atoms with Crippen molar-refractivity contribution in [3.8, 4) is 0 Å². The van der Waals surface area contributed by atoms with Gasteiger partial charge in [-0.2, -0.15) is 5.10 Å². The summed E-state index contributed by atoms with van der Waals surface area (Å²) in [5.41, 5.74) is 7.96. The molecule has 0 amide bonds. The largest absolute Gasteiger partial charge is 0.367 e. The standard InChI is InChI=1S/C16H13ClN4O/c17-15-12-7-3-1-5-10(12)14(9-19-20-16(18)21-22)11-6-2-4-8-13(11)15/h1-9,22H,(H3,18,20,21)/b19-9+. The summed E-state index contributed by atoms with van der Waals surface area (Å²) in [6, 6.07) is 15.7. The molecule has 0 aliphatic rings. The van der Waals surface area contributed by atoms with Crippen LogP contribution >= 0.6 is 11.6 Å². The van der Waals surface area contributed by atoms with Gasteiger partial charge in [-0.3, -0.25) is 5.21 Å². The molecular formula is C16H13ClN4O. The summed E-state index contributed by atoms with van der Waals surface area (Å²) in [7, 11) is 0. The van der Waals surface area contributed by atoms with Crippen molar-refractivity contribution in [1.82, 2.24) is 5.48 Å². The number of nitrogens with one attached hydrogen (secondary N) is 1. The van der Waals surface area contributed by atoms with E-state index in [1.807, 2.05) is 48.5 Å². The van der Waals surface area contributed by atoms with Crippen LogP contribution in [0.1, 0.15) is 5.56 Å². The molecule has 0 radical (unpaired) electrons. The number of hydrogen-bond donors (Lipinski definition) is 3. The maximum absolute atomic E-state index is 8.61. The van der Waals surface area contributed by atoms with Crippen molar-refractivity contribution in [2.24, 2.45) is 15.9 Å². The SMILES string of the molecule is NC(=N/N=C/c1c2ccccc2c(Cl)c2ccccc12)NO. The van der Waals surface area contributed by atoms with Gasteiger partial charge < -0.3 is 5.73 Å². The van der Waals surface area contributed by atoms with Gasteiger partial charge >= 0.3 is 0 Å². The van der Waals surface area contributed by atoms with Gasteiger partial charge in [0, 0.05) is 16.3 Å². The summed E-state index contributed by atoms with van der Waals surface area (Å²) in [5.74, 6) is -0.182. The smallest absolute Gasteiger partial charge is 0.237 e. The fourth-order valence-corrected chi connectivity index (χ4v) is 2.75. The lowest BCUT2D eigenvalue weighted by Crippen LogP contribution is -2.27. The molecule has 0 atom stereocenters.